The zero-order chi connectivity index (χ0) is 13.2. The summed E-state index contributed by atoms with van der Waals surface area (Å²) in [7, 11) is 0. The van der Waals surface area contributed by atoms with Crippen LogP contribution in [0.5, 0.6) is 5.75 Å². The fourth-order valence-electron chi connectivity index (χ4n) is 1.87. The second-order valence-electron chi connectivity index (χ2n) is 4.04. The van der Waals surface area contributed by atoms with E-state index in [1.807, 2.05) is 20.8 Å². The molecule has 0 unspecified atom stereocenters. The lowest BCUT2D eigenvalue weighted by Crippen LogP contribution is -2.12. The Kier molecular flexibility index (Phi) is 3.89. The lowest BCUT2D eigenvalue weighted by Gasteiger charge is -2.17. The Morgan fingerprint density at radius 1 is 1.12 bits per heavy atom. The number of aliphatic carboxylic acids is 1. The number of aldehydes is 1. The summed E-state index contributed by atoms with van der Waals surface area (Å²) in [5.41, 5.74) is 4.03. The molecule has 0 saturated carbocycles. The maximum absolute atomic E-state index is 11.0. The molecule has 4 nitrogen and oxygen atoms in total. The summed E-state index contributed by atoms with van der Waals surface area (Å²) >= 11 is 0. The number of carboxylic acids is 1. The summed E-state index contributed by atoms with van der Waals surface area (Å²) in [6.07, 6.45) is 0.782. The average molecular weight is 236 g/mol. The van der Waals surface area contributed by atoms with Crippen LogP contribution in [0, 0.1) is 27.7 Å². The van der Waals surface area contributed by atoms with E-state index >= 15 is 0 Å². The summed E-state index contributed by atoms with van der Waals surface area (Å²) < 4.78 is 5.25. The molecule has 0 spiro atoms. The van der Waals surface area contributed by atoms with Gasteiger partial charge in [0.2, 0.25) is 0 Å². The van der Waals surface area contributed by atoms with Crippen LogP contribution in [0.3, 0.4) is 0 Å². The lowest BCUT2D eigenvalue weighted by atomic mass is 9.94. The number of carbonyl (C=O) groups is 2. The van der Waals surface area contributed by atoms with Crippen molar-refractivity contribution in [1.82, 2.24) is 0 Å². The number of rotatable bonds is 4. The monoisotopic (exact) mass is 236 g/mol. The van der Waals surface area contributed by atoms with Crippen LogP contribution in [0.4, 0.5) is 0 Å². The van der Waals surface area contributed by atoms with Crippen molar-refractivity contribution in [2.24, 2.45) is 0 Å². The van der Waals surface area contributed by atoms with Gasteiger partial charge in [-0.3, -0.25) is 4.79 Å². The molecule has 0 aliphatic rings. The van der Waals surface area contributed by atoms with E-state index in [1.54, 1.807) is 6.92 Å². The molecule has 0 bridgehead atoms. The molecule has 4 heteroatoms. The summed E-state index contributed by atoms with van der Waals surface area (Å²) in [6, 6.07) is 0. The van der Waals surface area contributed by atoms with E-state index < -0.39 is 12.6 Å². The molecule has 0 aromatic heterocycles. The second-order valence-corrected chi connectivity index (χ2v) is 4.04. The average Bonchev–Trinajstić information content (AvgIpc) is 2.26. The number of hydrogen-bond donors (Lipinski definition) is 1. The number of benzene rings is 1. The minimum atomic E-state index is -1.03. The van der Waals surface area contributed by atoms with Crippen LogP contribution in [-0.2, 0) is 4.79 Å². The van der Waals surface area contributed by atoms with E-state index in [1.165, 1.54) is 0 Å². The van der Waals surface area contributed by atoms with Crippen molar-refractivity contribution in [3.05, 3.63) is 27.8 Å². The minimum absolute atomic E-state index is 0.400. The minimum Gasteiger partial charge on any atom is -0.481 e. The molecular formula is C13H16O4. The first kappa shape index (κ1) is 13.2. The Balaban J connectivity index is 3.34. The van der Waals surface area contributed by atoms with Crippen LogP contribution in [0.1, 0.15) is 32.6 Å². The number of carboxylic acid groups (broad SMARTS) is 1. The molecule has 92 valence electrons. The Labute approximate surface area is 100 Å². The van der Waals surface area contributed by atoms with E-state index in [4.69, 9.17) is 9.84 Å². The molecule has 0 aliphatic heterocycles. The van der Waals surface area contributed by atoms with Gasteiger partial charge in [0.05, 0.1) is 0 Å². The molecule has 0 fully saturated rings. The topological polar surface area (TPSA) is 63.6 Å². The zero-order valence-corrected chi connectivity index (χ0v) is 10.5. The first-order chi connectivity index (χ1) is 7.90. The molecular weight excluding hydrogens is 220 g/mol. The van der Waals surface area contributed by atoms with Crippen LogP contribution in [0.2, 0.25) is 0 Å². The van der Waals surface area contributed by atoms with Crippen LogP contribution in [0.25, 0.3) is 0 Å². The fraction of sp³-hybridized carbons (Fsp3) is 0.385. The van der Waals surface area contributed by atoms with E-state index in [0.717, 1.165) is 23.0 Å². The molecule has 0 aliphatic carbocycles. The highest BCUT2D eigenvalue weighted by atomic mass is 16.5. The second kappa shape index (κ2) is 4.99. The van der Waals surface area contributed by atoms with Crippen molar-refractivity contribution < 1.29 is 19.4 Å². The van der Waals surface area contributed by atoms with Gasteiger partial charge in [-0.2, -0.15) is 0 Å². The molecule has 1 rings (SSSR count). The Morgan fingerprint density at radius 2 is 1.71 bits per heavy atom. The third-order valence-electron chi connectivity index (χ3n) is 3.07. The van der Waals surface area contributed by atoms with Crippen LogP contribution >= 0.6 is 0 Å². The first-order valence-electron chi connectivity index (χ1n) is 5.30. The van der Waals surface area contributed by atoms with Crippen molar-refractivity contribution in [1.29, 1.82) is 0 Å². The van der Waals surface area contributed by atoms with Gasteiger partial charge < -0.3 is 9.84 Å². The predicted octanol–water partition coefficient (Wildman–Crippen LogP) is 2.20. The van der Waals surface area contributed by atoms with Crippen molar-refractivity contribution in [3.8, 4) is 5.75 Å². The van der Waals surface area contributed by atoms with Crippen molar-refractivity contribution in [3.63, 3.8) is 0 Å². The summed E-state index contributed by atoms with van der Waals surface area (Å²) in [5.74, 6) is -0.535. The first-order valence-corrected chi connectivity index (χ1v) is 5.30. The highest BCUT2D eigenvalue weighted by Crippen LogP contribution is 2.31. The molecule has 1 aromatic carbocycles. The van der Waals surface area contributed by atoms with Gasteiger partial charge in [-0.05, 0) is 44.4 Å². The molecule has 0 saturated heterocycles. The quantitative estimate of drug-likeness (QED) is 0.814. The summed E-state index contributed by atoms with van der Waals surface area (Å²) in [5, 5.41) is 8.61. The Morgan fingerprint density at radius 3 is 2.18 bits per heavy atom. The van der Waals surface area contributed by atoms with Crippen molar-refractivity contribution >= 4 is 12.3 Å². The number of hydrogen-bond acceptors (Lipinski definition) is 3. The zero-order valence-electron chi connectivity index (χ0n) is 10.5. The third-order valence-corrected chi connectivity index (χ3v) is 3.07. The van der Waals surface area contributed by atoms with Gasteiger partial charge in [0, 0.05) is 11.1 Å². The predicted molar refractivity (Wildman–Crippen MR) is 63.9 cm³/mol. The van der Waals surface area contributed by atoms with Gasteiger partial charge in [0.15, 0.2) is 12.9 Å². The molecule has 0 heterocycles. The van der Waals surface area contributed by atoms with Crippen LogP contribution in [0.15, 0.2) is 0 Å². The van der Waals surface area contributed by atoms with Gasteiger partial charge in [-0.1, -0.05) is 0 Å². The van der Waals surface area contributed by atoms with Crippen molar-refractivity contribution in [2.75, 3.05) is 6.61 Å². The van der Waals surface area contributed by atoms with E-state index in [9.17, 15) is 9.59 Å². The number of ether oxygens (including phenoxy) is 1. The van der Waals surface area contributed by atoms with E-state index in [-0.39, 0.29) is 0 Å². The molecule has 1 aromatic rings. The molecule has 0 amide bonds. The summed E-state index contributed by atoms with van der Waals surface area (Å²) in [6.45, 7) is 6.99. The van der Waals surface area contributed by atoms with Gasteiger partial charge >= 0.3 is 5.97 Å². The fourth-order valence-corrected chi connectivity index (χ4v) is 1.87. The summed E-state index contributed by atoms with van der Waals surface area (Å²) in [4.78, 5) is 21.5. The highest BCUT2D eigenvalue weighted by molar-refractivity contribution is 5.82. The Bertz CT molecular complexity index is 475. The SMILES string of the molecule is Cc1c(C)c(C=O)c(C)c(OCC(=O)O)c1C. The normalized spacial score (nSPS) is 10.1. The van der Waals surface area contributed by atoms with Gasteiger partial charge in [0.25, 0.3) is 0 Å². The van der Waals surface area contributed by atoms with Crippen LogP contribution < -0.4 is 4.74 Å². The van der Waals surface area contributed by atoms with Gasteiger partial charge in [0.1, 0.15) is 5.75 Å². The van der Waals surface area contributed by atoms with Gasteiger partial charge in [-0.25, -0.2) is 4.79 Å². The third kappa shape index (κ3) is 2.46. The largest absolute Gasteiger partial charge is 0.481 e. The van der Waals surface area contributed by atoms with E-state index in [2.05, 4.69) is 0 Å². The van der Waals surface area contributed by atoms with Crippen molar-refractivity contribution in [2.45, 2.75) is 27.7 Å². The van der Waals surface area contributed by atoms with Gasteiger partial charge in [-0.15, -0.1) is 0 Å². The van der Waals surface area contributed by atoms with Crippen LogP contribution in [-0.4, -0.2) is 24.0 Å². The number of carbonyl (C=O) groups excluding carboxylic acids is 1. The Hall–Kier alpha value is -1.84. The van der Waals surface area contributed by atoms with E-state index in [0.29, 0.717) is 16.9 Å². The highest BCUT2D eigenvalue weighted by Gasteiger charge is 2.16. The molecule has 17 heavy (non-hydrogen) atoms. The maximum atomic E-state index is 11.0. The molecule has 0 radical (unpaired) electrons. The lowest BCUT2D eigenvalue weighted by molar-refractivity contribution is -0.139. The maximum Gasteiger partial charge on any atom is 0.341 e. The molecule has 1 N–H and O–H groups in total. The molecule has 0 atom stereocenters. The smallest absolute Gasteiger partial charge is 0.341 e. The standard InChI is InChI=1S/C13H16O4/c1-7-8(2)11(5-14)10(4)13(9(7)3)17-6-12(15)16/h5H,6H2,1-4H3,(H,15,16).